The molecule has 1 aliphatic heterocycles. The molecule has 2 aliphatic rings. The van der Waals surface area contributed by atoms with E-state index in [0.717, 1.165) is 31.2 Å². The van der Waals surface area contributed by atoms with Gasteiger partial charge in [0, 0.05) is 24.9 Å². The molecule has 0 bridgehead atoms. The first-order valence-corrected chi connectivity index (χ1v) is 10.00. The fourth-order valence-electron chi connectivity index (χ4n) is 4.11. The molecule has 154 valence electrons. The summed E-state index contributed by atoms with van der Waals surface area (Å²) >= 11 is 0. The number of amides is 1. The van der Waals surface area contributed by atoms with Crippen LogP contribution in [0.15, 0.2) is 30.9 Å². The van der Waals surface area contributed by atoms with Crippen LogP contribution in [-0.2, 0) is 9.53 Å². The molecule has 4 heterocycles. The number of hydrogen-bond donors (Lipinski definition) is 2. The zero-order valence-corrected chi connectivity index (χ0v) is 16.6. The van der Waals surface area contributed by atoms with Crippen molar-refractivity contribution in [1.82, 2.24) is 30.1 Å². The van der Waals surface area contributed by atoms with Gasteiger partial charge in [-0.15, -0.1) is 0 Å². The van der Waals surface area contributed by atoms with Crippen LogP contribution < -0.4 is 10.2 Å². The van der Waals surface area contributed by atoms with Gasteiger partial charge in [-0.2, -0.15) is 5.10 Å². The average Bonchev–Trinajstić information content (AvgIpc) is 3.33. The fraction of sp³-hybridized carbons (Fsp3) is 0.400. The SMILES string of the molecule is CO[C@H]1CC[C@H](N2CC(=O)Nc3ncc(-c4ccc(-c5nc[nH]n5)nc4)nc32)CC1. The monoisotopic (exact) mass is 406 g/mol. The third-order valence-corrected chi connectivity index (χ3v) is 5.72. The van der Waals surface area contributed by atoms with E-state index < -0.39 is 0 Å². The quantitative estimate of drug-likeness (QED) is 0.675. The average molecular weight is 406 g/mol. The lowest BCUT2D eigenvalue weighted by Gasteiger charge is -2.39. The minimum absolute atomic E-state index is 0.0593. The Morgan fingerprint density at radius 1 is 1.07 bits per heavy atom. The van der Waals surface area contributed by atoms with E-state index in [1.807, 2.05) is 12.1 Å². The molecule has 1 fully saturated rings. The molecule has 10 heteroatoms. The Bertz CT molecular complexity index is 1030. The second-order valence-electron chi connectivity index (χ2n) is 7.52. The number of fused-ring (bicyclic) bond motifs is 1. The number of hydrogen-bond acceptors (Lipinski definition) is 8. The van der Waals surface area contributed by atoms with Gasteiger partial charge in [0.1, 0.15) is 12.0 Å². The molecule has 5 rings (SSSR count). The van der Waals surface area contributed by atoms with Crippen LogP contribution in [0.25, 0.3) is 22.8 Å². The number of aromatic nitrogens is 6. The molecule has 1 saturated carbocycles. The van der Waals surface area contributed by atoms with Gasteiger partial charge in [0.05, 0.1) is 24.5 Å². The maximum Gasteiger partial charge on any atom is 0.245 e. The summed E-state index contributed by atoms with van der Waals surface area (Å²) in [6.45, 7) is 0.287. The number of aromatic amines is 1. The van der Waals surface area contributed by atoms with Crippen LogP contribution in [0.1, 0.15) is 25.7 Å². The Balaban J connectivity index is 1.43. The minimum atomic E-state index is -0.0593. The molecule has 2 N–H and O–H groups in total. The number of H-pyrrole nitrogens is 1. The summed E-state index contributed by atoms with van der Waals surface area (Å²) in [5.74, 6) is 1.70. The largest absolute Gasteiger partial charge is 0.381 e. The van der Waals surface area contributed by atoms with Crippen molar-refractivity contribution in [2.45, 2.75) is 37.8 Å². The van der Waals surface area contributed by atoms with Crippen molar-refractivity contribution in [2.24, 2.45) is 0 Å². The third-order valence-electron chi connectivity index (χ3n) is 5.72. The van der Waals surface area contributed by atoms with Gasteiger partial charge in [-0.25, -0.2) is 15.0 Å². The highest BCUT2D eigenvalue weighted by atomic mass is 16.5. The molecule has 0 radical (unpaired) electrons. The molecule has 1 aliphatic carbocycles. The molecule has 0 unspecified atom stereocenters. The van der Waals surface area contributed by atoms with E-state index in [2.05, 4.69) is 35.4 Å². The van der Waals surface area contributed by atoms with E-state index in [9.17, 15) is 4.79 Å². The van der Waals surface area contributed by atoms with Crippen molar-refractivity contribution in [3.8, 4) is 22.8 Å². The molecule has 10 nitrogen and oxygen atoms in total. The minimum Gasteiger partial charge on any atom is -0.381 e. The highest BCUT2D eigenvalue weighted by Gasteiger charge is 2.33. The zero-order valence-electron chi connectivity index (χ0n) is 16.6. The first-order chi connectivity index (χ1) is 14.7. The summed E-state index contributed by atoms with van der Waals surface area (Å²) in [6.07, 6.45) is 9.09. The van der Waals surface area contributed by atoms with Crippen LogP contribution in [0, 0.1) is 0 Å². The second kappa shape index (κ2) is 7.79. The lowest BCUT2D eigenvalue weighted by molar-refractivity contribution is -0.115. The summed E-state index contributed by atoms with van der Waals surface area (Å²) in [5, 5.41) is 9.57. The van der Waals surface area contributed by atoms with E-state index in [1.54, 1.807) is 19.5 Å². The Morgan fingerprint density at radius 2 is 1.93 bits per heavy atom. The lowest BCUT2D eigenvalue weighted by atomic mass is 9.91. The van der Waals surface area contributed by atoms with E-state index >= 15 is 0 Å². The van der Waals surface area contributed by atoms with Gasteiger partial charge < -0.3 is 15.0 Å². The van der Waals surface area contributed by atoms with Gasteiger partial charge in [-0.05, 0) is 37.8 Å². The number of pyridine rings is 1. The maximum atomic E-state index is 12.2. The van der Waals surface area contributed by atoms with Gasteiger partial charge in [0.25, 0.3) is 0 Å². The summed E-state index contributed by atoms with van der Waals surface area (Å²) in [4.78, 5) is 32.2. The number of carbonyl (C=O) groups is 1. The second-order valence-corrected chi connectivity index (χ2v) is 7.52. The molecule has 0 aromatic carbocycles. The summed E-state index contributed by atoms with van der Waals surface area (Å²) in [7, 11) is 1.76. The molecule has 1 amide bonds. The van der Waals surface area contributed by atoms with Gasteiger partial charge in [0.15, 0.2) is 17.5 Å². The molecule has 0 saturated heterocycles. The highest BCUT2D eigenvalue weighted by molar-refractivity contribution is 5.99. The first kappa shape index (κ1) is 18.6. The topological polar surface area (TPSA) is 122 Å². The van der Waals surface area contributed by atoms with E-state index in [1.165, 1.54) is 6.33 Å². The van der Waals surface area contributed by atoms with Crippen molar-refractivity contribution in [1.29, 1.82) is 0 Å². The Morgan fingerprint density at radius 3 is 2.63 bits per heavy atom. The highest BCUT2D eigenvalue weighted by Crippen LogP contribution is 2.34. The summed E-state index contributed by atoms with van der Waals surface area (Å²) in [6, 6.07) is 4.02. The van der Waals surface area contributed by atoms with E-state index in [-0.39, 0.29) is 18.5 Å². The number of anilines is 2. The molecular weight excluding hydrogens is 384 g/mol. The van der Waals surface area contributed by atoms with E-state index in [4.69, 9.17) is 9.72 Å². The van der Waals surface area contributed by atoms with Crippen LogP contribution in [0.4, 0.5) is 11.6 Å². The smallest absolute Gasteiger partial charge is 0.245 e. The van der Waals surface area contributed by atoms with Gasteiger partial charge in [0.2, 0.25) is 5.91 Å². The number of carbonyl (C=O) groups excluding carboxylic acids is 1. The van der Waals surface area contributed by atoms with Crippen molar-refractivity contribution in [3.63, 3.8) is 0 Å². The number of nitrogens with zero attached hydrogens (tertiary/aromatic N) is 6. The van der Waals surface area contributed by atoms with Gasteiger partial charge in [-0.3, -0.25) is 14.9 Å². The van der Waals surface area contributed by atoms with E-state index in [0.29, 0.717) is 35.0 Å². The predicted octanol–water partition coefficient (Wildman–Crippen LogP) is 2.04. The molecule has 0 atom stereocenters. The van der Waals surface area contributed by atoms with Gasteiger partial charge >= 0.3 is 0 Å². The number of methoxy groups -OCH3 is 1. The number of rotatable bonds is 4. The predicted molar refractivity (Wildman–Crippen MR) is 110 cm³/mol. The van der Waals surface area contributed by atoms with Crippen LogP contribution in [0.2, 0.25) is 0 Å². The molecule has 0 spiro atoms. The van der Waals surface area contributed by atoms with Crippen LogP contribution in [-0.4, -0.2) is 61.8 Å². The van der Waals surface area contributed by atoms with Crippen LogP contribution in [0.5, 0.6) is 0 Å². The fourth-order valence-corrected chi connectivity index (χ4v) is 4.11. The Kier molecular flexibility index (Phi) is 4.83. The Hall–Kier alpha value is -3.40. The normalized spacial score (nSPS) is 21.2. The van der Waals surface area contributed by atoms with Gasteiger partial charge in [-0.1, -0.05) is 0 Å². The molecule has 30 heavy (non-hydrogen) atoms. The van der Waals surface area contributed by atoms with Crippen molar-refractivity contribution in [3.05, 3.63) is 30.9 Å². The third kappa shape index (κ3) is 3.50. The first-order valence-electron chi connectivity index (χ1n) is 10.00. The Labute approximate surface area is 173 Å². The molecule has 3 aromatic heterocycles. The standard InChI is InChI=1S/C20H22N8O2/c1-30-14-5-3-13(4-6-14)28-10-17(29)26-19-20(28)25-16(9-22-19)12-2-7-15(21-8-12)18-23-11-24-27-18/h2,7-9,11,13-14H,3-6,10H2,1H3,(H,22,26,29)(H,23,24,27)/t13-,14-. The molecular formula is C20H22N8O2. The lowest BCUT2D eigenvalue weighted by Crippen LogP contribution is -2.47. The van der Waals surface area contributed by atoms with Crippen LogP contribution >= 0.6 is 0 Å². The van der Waals surface area contributed by atoms with Crippen molar-refractivity contribution in [2.75, 3.05) is 23.9 Å². The number of nitrogens with one attached hydrogen (secondary N) is 2. The van der Waals surface area contributed by atoms with Crippen LogP contribution in [0.3, 0.4) is 0 Å². The zero-order chi connectivity index (χ0) is 20.5. The summed E-state index contributed by atoms with van der Waals surface area (Å²) in [5.41, 5.74) is 2.22. The van der Waals surface area contributed by atoms with Crippen molar-refractivity contribution >= 4 is 17.5 Å². The molecule has 3 aromatic rings. The van der Waals surface area contributed by atoms with Crippen molar-refractivity contribution < 1.29 is 9.53 Å². The number of ether oxygens (including phenoxy) is 1. The summed E-state index contributed by atoms with van der Waals surface area (Å²) < 4.78 is 5.49. The maximum absolute atomic E-state index is 12.2.